The lowest BCUT2D eigenvalue weighted by molar-refractivity contribution is 0.0659. The lowest BCUT2D eigenvalue weighted by Gasteiger charge is -2.16. The van der Waals surface area contributed by atoms with Crippen molar-refractivity contribution in [3.8, 4) is 5.75 Å². The Balaban J connectivity index is 2.04. The van der Waals surface area contributed by atoms with Gasteiger partial charge in [0, 0.05) is 18.7 Å². The summed E-state index contributed by atoms with van der Waals surface area (Å²) < 4.78 is 23.4. The Kier molecular flexibility index (Phi) is 4.59. The van der Waals surface area contributed by atoms with Crippen molar-refractivity contribution in [2.45, 2.75) is 13.1 Å². The van der Waals surface area contributed by atoms with Crippen LogP contribution in [0.25, 0.3) is 0 Å². The van der Waals surface area contributed by atoms with Crippen molar-refractivity contribution in [1.82, 2.24) is 4.90 Å². The van der Waals surface area contributed by atoms with Crippen LogP contribution in [0.3, 0.4) is 0 Å². The minimum Gasteiger partial charge on any atom is -0.494 e. The van der Waals surface area contributed by atoms with Crippen LogP contribution in [0.4, 0.5) is 4.39 Å². The fourth-order valence-electron chi connectivity index (χ4n) is 2.11. The fourth-order valence-corrected chi connectivity index (χ4v) is 2.11. The zero-order chi connectivity index (χ0) is 15.4. The van der Waals surface area contributed by atoms with Crippen LogP contribution >= 0.6 is 0 Å². The number of hydrogen-bond donors (Lipinski definition) is 1. The Bertz CT molecular complexity index is 638. The van der Waals surface area contributed by atoms with Crippen LogP contribution in [-0.2, 0) is 13.1 Å². The number of rotatable bonds is 6. The van der Waals surface area contributed by atoms with E-state index in [1.165, 1.54) is 19.4 Å². The smallest absolute Gasteiger partial charge is 0.372 e. The van der Waals surface area contributed by atoms with Crippen molar-refractivity contribution in [2.24, 2.45) is 0 Å². The molecule has 0 fully saturated rings. The van der Waals surface area contributed by atoms with Crippen molar-refractivity contribution in [2.75, 3.05) is 14.2 Å². The van der Waals surface area contributed by atoms with Gasteiger partial charge in [-0.3, -0.25) is 4.90 Å². The largest absolute Gasteiger partial charge is 0.494 e. The van der Waals surface area contributed by atoms with Crippen molar-refractivity contribution < 1.29 is 23.4 Å². The van der Waals surface area contributed by atoms with Gasteiger partial charge >= 0.3 is 5.97 Å². The van der Waals surface area contributed by atoms with E-state index >= 15 is 0 Å². The fraction of sp³-hybridized carbons (Fsp3) is 0.267. The second kappa shape index (κ2) is 6.41. The monoisotopic (exact) mass is 293 g/mol. The van der Waals surface area contributed by atoms with Gasteiger partial charge in [-0.1, -0.05) is 6.07 Å². The third kappa shape index (κ3) is 3.61. The first-order valence-electron chi connectivity index (χ1n) is 6.32. The lowest BCUT2D eigenvalue weighted by atomic mass is 10.2. The van der Waals surface area contributed by atoms with Crippen LogP contribution < -0.4 is 4.74 Å². The summed E-state index contributed by atoms with van der Waals surface area (Å²) in [4.78, 5) is 12.8. The highest BCUT2D eigenvalue weighted by molar-refractivity contribution is 5.86. The summed E-state index contributed by atoms with van der Waals surface area (Å²) in [6.45, 7) is 0.872. The molecule has 1 N–H and O–H groups in total. The van der Waals surface area contributed by atoms with E-state index in [0.717, 1.165) is 5.56 Å². The average molecular weight is 293 g/mol. The van der Waals surface area contributed by atoms with Gasteiger partial charge in [-0.2, -0.15) is 0 Å². The van der Waals surface area contributed by atoms with Crippen molar-refractivity contribution in [3.05, 3.63) is 53.2 Å². The molecule has 0 radical (unpaired) electrons. The van der Waals surface area contributed by atoms with Gasteiger partial charge < -0.3 is 14.3 Å². The summed E-state index contributed by atoms with van der Waals surface area (Å²) in [5, 5.41) is 8.98. The second-order valence-corrected chi connectivity index (χ2v) is 4.72. The topological polar surface area (TPSA) is 62.9 Å². The number of ether oxygens (including phenoxy) is 1. The van der Waals surface area contributed by atoms with Gasteiger partial charge in [-0.05, 0) is 30.8 Å². The van der Waals surface area contributed by atoms with Crippen molar-refractivity contribution in [3.63, 3.8) is 0 Å². The molecule has 0 aliphatic heterocycles. The number of nitrogens with zero attached hydrogens (tertiary/aromatic N) is 1. The predicted octanol–water partition coefficient (Wildman–Crippen LogP) is 2.76. The molecule has 5 nitrogen and oxygen atoms in total. The third-order valence-corrected chi connectivity index (χ3v) is 3.05. The van der Waals surface area contributed by atoms with E-state index in [4.69, 9.17) is 14.3 Å². The molecule has 0 amide bonds. The number of hydrogen-bond acceptors (Lipinski definition) is 4. The summed E-state index contributed by atoms with van der Waals surface area (Å²) in [7, 11) is 3.23. The van der Waals surface area contributed by atoms with Crippen LogP contribution in [0.15, 0.2) is 34.9 Å². The van der Waals surface area contributed by atoms with Crippen LogP contribution in [0.2, 0.25) is 0 Å². The van der Waals surface area contributed by atoms with Gasteiger partial charge in [-0.25, -0.2) is 9.18 Å². The summed E-state index contributed by atoms with van der Waals surface area (Å²) in [5.74, 6) is -1.39. The van der Waals surface area contributed by atoms with E-state index in [-0.39, 0.29) is 11.5 Å². The molecule has 2 aromatic rings. The third-order valence-electron chi connectivity index (χ3n) is 3.05. The molecule has 1 aromatic carbocycles. The molecule has 1 heterocycles. The van der Waals surface area contributed by atoms with E-state index in [1.807, 2.05) is 11.9 Å². The molecule has 1 aromatic heterocycles. The van der Waals surface area contributed by atoms with Crippen molar-refractivity contribution >= 4 is 5.97 Å². The van der Waals surface area contributed by atoms with Gasteiger partial charge in [0.05, 0.1) is 13.4 Å². The summed E-state index contributed by atoms with van der Waals surface area (Å²) in [5.41, 5.74) is 1.36. The normalized spacial score (nSPS) is 10.9. The zero-order valence-electron chi connectivity index (χ0n) is 11.8. The molecule has 0 spiro atoms. The number of carboxylic acids is 1. The zero-order valence-corrected chi connectivity index (χ0v) is 11.8. The van der Waals surface area contributed by atoms with Crippen LogP contribution in [0, 0.1) is 5.82 Å². The van der Waals surface area contributed by atoms with Crippen molar-refractivity contribution in [1.29, 1.82) is 0 Å². The first-order chi connectivity index (χ1) is 10.0. The maximum Gasteiger partial charge on any atom is 0.372 e. The number of methoxy groups -OCH3 is 1. The summed E-state index contributed by atoms with van der Waals surface area (Å²) in [6, 6.07) is 6.36. The Hall–Kier alpha value is -2.34. The Labute approximate surface area is 121 Å². The van der Waals surface area contributed by atoms with Gasteiger partial charge in [0.25, 0.3) is 0 Å². The molecule has 2 rings (SSSR count). The Morgan fingerprint density at radius 1 is 1.38 bits per heavy atom. The summed E-state index contributed by atoms with van der Waals surface area (Å²) in [6.07, 6.45) is 1.35. The number of furan rings is 1. The first kappa shape index (κ1) is 15.1. The number of benzene rings is 1. The van der Waals surface area contributed by atoms with E-state index in [2.05, 4.69) is 0 Å². The van der Waals surface area contributed by atoms with Gasteiger partial charge in [0.1, 0.15) is 0 Å². The average Bonchev–Trinajstić information content (AvgIpc) is 2.87. The first-order valence-corrected chi connectivity index (χ1v) is 6.32. The molecule has 6 heteroatoms. The standard InChI is InChI=1S/C15H16FNO4/c1-17(9-11-5-6-21-14(11)15(18)19)8-10-3-4-13(20-2)12(16)7-10/h3-7H,8-9H2,1-2H3,(H,18,19). The molecule has 0 bridgehead atoms. The number of halogens is 1. The molecule has 21 heavy (non-hydrogen) atoms. The summed E-state index contributed by atoms with van der Waals surface area (Å²) >= 11 is 0. The molecular weight excluding hydrogens is 277 g/mol. The highest BCUT2D eigenvalue weighted by Crippen LogP contribution is 2.19. The molecular formula is C15H16FNO4. The maximum atomic E-state index is 13.6. The second-order valence-electron chi connectivity index (χ2n) is 4.72. The molecule has 0 atom stereocenters. The lowest BCUT2D eigenvalue weighted by Crippen LogP contribution is -2.18. The van der Waals surface area contributed by atoms with E-state index in [1.54, 1.807) is 18.2 Å². The number of carbonyl (C=O) groups is 1. The maximum absolute atomic E-state index is 13.6. The van der Waals surface area contributed by atoms with E-state index in [9.17, 15) is 9.18 Å². The van der Waals surface area contributed by atoms with E-state index < -0.39 is 11.8 Å². The minimum absolute atomic E-state index is 0.0669. The molecule has 0 saturated carbocycles. The Morgan fingerprint density at radius 3 is 2.76 bits per heavy atom. The van der Waals surface area contributed by atoms with Crippen LogP contribution in [0.1, 0.15) is 21.7 Å². The molecule has 0 unspecified atom stereocenters. The Morgan fingerprint density at radius 2 is 2.14 bits per heavy atom. The predicted molar refractivity (Wildman–Crippen MR) is 73.8 cm³/mol. The molecule has 0 aliphatic rings. The molecule has 112 valence electrons. The number of carboxylic acid groups (broad SMARTS) is 1. The highest BCUT2D eigenvalue weighted by Gasteiger charge is 2.15. The highest BCUT2D eigenvalue weighted by atomic mass is 19.1. The van der Waals surface area contributed by atoms with Gasteiger partial charge in [-0.15, -0.1) is 0 Å². The van der Waals surface area contributed by atoms with Gasteiger partial charge in [0.2, 0.25) is 5.76 Å². The quantitative estimate of drug-likeness (QED) is 0.887. The van der Waals surface area contributed by atoms with Gasteiger partial charge in [0.15, 0.2) is 11.6 Å². The van der Waals surface area contributed by atoms with Crippen LogP contribution in [-0.4, -0.2) is 30.1 Å². The minimum atomic E-state index is -1.10. The number of aromatic carboxylic acids is 1. The van der Waals surface area contributed by atoms with E-state index in [0.29, 0.717) is 18.7 Å². The molecule has 0 saturated heterocycles. The SMILES string of the molecule is COc1ccc(CN(C)Cc2ccoc2C(=O)O)cc1F. The molecule has 0 aliphatic carbocycles. The van der Waals surface area contributed by atoms with Crippen LogP contribution in [0.5, 0.6) is 5.75 Å².